The average molecular weight is 155 g/mol. The quantitative estimate of drug-likeness (QED) is 0.583. The average Bonchev–Trinajstić information content (AvgIpc) is 2.07. The van der Waals surface area contributed by atoms with Crippen molar-refractivity contribution in [1.82, 2.24) is 9.80 Å². The zero-order valence-electron chi connectivity index (χ0n) is 7.00. The third-order valence-corrected chi connectivity index (χ3v) is 2.17. The van der Waals surface area contributed by atoms with Gasteiger partial charge in [-0.1, -0.05) is 0 Å². The summed E-state index contributed by atoms with van der Waals surface area (Å²) in [6.07, 6.45) is 0. The number of hydrogen-bond acceptors (Lipinski definition) is 3. The molecule has 2 radical (unpaired) electrons. The van der Waals surface area contributed by atoms with E-state index in [1.54, 1.807) is 0 Å². The van der Waals surface area contributed by atoms with Crippen molar-refractivity contribution in [2.24, 2.45) is 5.73 Å². The molecule has 0 amide bonds. The summed E-state index contributed by atoms with van der Waals surface area (Å²) in [5.74, 6) is 0. The predicted octanol–water partition coefficient (Wildman–Crippen LogP) is -0.726. The van der Waals surface area contributed by atoms with Crippen LogP contribution in [-0.2, 0) is 0 Å². The molecule has 1 heterocycles. The lowest BCUT2D eigenvalue weighted by atomic mass is 10.3. The Morgan fingerprint density at radius 2 is 1.64 bits per heavy atom. The van der Waals surface area contributed by atoms with Crippen LogP contribution in [0.2, 0.25) is 0 Å². The van der Waals surface area contributed by atoms with E-state index < -0.39 is 0 Å². The Hall–Kier alpha value is -0.120. The maximum Gasteiger partial charge on any atom is 0.0110 e. The zero-order chi connectivity index (χ0) is 8.10. The molecule has 3 heteroatoms. The molecule has 1 aliphatic heterocycles. The van der Waals surface area contributed by atoms with Gasteiger partial charge in [0.15, 0.2) is 0 Å². The van der Waals surface area contributed by atoms with Crippen molar-refractivity contribution in [3.63, 3.8) is 0 Å². The molecule has 1 aliphatic rings. The topological polar surface area (TPSA) is 32.5 Å². The van der Waals surface area contributed by atoms with E-state index in [2.05, 4.69) is 9.80 Å². The lowest BCUT2D eigenvalue weighted by molar-refractivity contribution is 0.145. The van der Waals surface area contributed by atoms with Crippen molar-refractivity contribution >= 4 is 0 Å². The number of nitrogens with zero attached hydrogens (tertiary/aromatic N) is 2. The van der Waals surface area contributed by atoms with Crippen molar-refractivity contribution in [1.29, 1.82) is 0 Å². The molecule has 0 aliphatic carbocycles. The first-order chi connectivity index (χ1) is 5.36. The molecule has 0 aromatic heterocycles. The number of piperazine rings is 1. The van der Waals surface area contributed by atoms with Crippen LogP contribution >= 0.6 is 0 Å². The minimum Gasteiger partial charge on any atom is -0.329 e. The third kappa shape index (κ3) is 2.77. The summed E-state index contributed by atoms with van der Waals surface area (Å²) in [5, 5.41) is 0. The first-order valence-corrected chi connectivity index (χ1v) is 4.21. The second-order valence-corrected chi connectivity index (χ2v) is 2.93. The van der Waals surface area contributed by atoms with E-state index in [9.17, 15) is 0 Å². The molecule has 0 aromatic carbocycles. The second kappa shape index (κ2) is 4.70. The first kappa shape index (κ1) is 8.97. The molecular formula is C8H17N3. The van der Waals surface area contributed by atoms with Gasteiger partial charge in [0, 0.05) is 45.8 Å². The van der Waals surface area contributed by atoms with Crippen LogP contribution in [0.15, 0.2) is 0 Å². The van der Waals surface area contributed by atoms with Gasteiger partial charge in [0.05, 0.1) is 0 Å². The Labute approximate surface area is 69.1 Å². The van der Waals surface area contributed by atoms with Gasteiger partial charge in [-0.3, -0.25) is 4.90 Å². The van der Waals surface area contributed by atoms with Crippen molar-refractivity contribution in [3.8, 4) is 0 Å². The smallest absolute Gasteiger partial charge is 0.0110 e. The van der Waals surface area contributed by atoms with E-state index in [0.717, 1.165) is 39.3 Å². The van der Waals surface area contributed by atoms with Crippen LogP contribution in [0.25, 0.3) is 0 Å². The summed E-state index contributed by atoms with van der Waals surface area (Å²) >= 11 is 0. The minimum atomic E-state index is 0.691. The van der Waals surface area contributed by atoms with Crippen LogP contribution in [0.4, 0.5) is 0 Å². The molecule has 0 spiro atoms. The van der Waals surface area contributed by atoms with E-state index in [1.165, 1.54) is 0 Å². The largest absolute Gasteiger partial charge is 0.329 e. The molecule has 0 aromatic rings. The van der Waals surface area contributed by atoms with Gasteiger partial charge in [0.1, 0.15) is 0 Å². The predicted molar refractivity (Wildman–Crippen MR) is 46.2 cm³/mol. The van der Waals surface area contributed by atoms with Crippen molar-refractivity contribution in [3.05, 3.63) is 6.92 Å². The molecule has 2 N–H and O–H groups in total. The van der Waals surface area contributed by atoms with Gasteiger partial charge in [-0.2, -0.15) is 0 Å². The van der Waals surface area contributed by atoms with Crippen molar-refractivity contribution in [2.75, 3.05) is 45.8 Å². The van der Waals surface area contributed by atoms with Gasteiger partial charge in [0.25, 0.3) is 0 Å². The molecule has 11 heavy (non-hydrogen) atoms. The van der Waals surface area contributed by atoms with Gasteiger partial charge in [-0.25, -0.2) is 0 Å². The normalized spacial score (nSPS) is 22.4. The highest BCUT2D eigenvalue weighted by molar-refractivity contribution is 4.71. The van der Waals surface area contributed by atoms with Crippen LogP contribution in [0.5, 0.6) is 0 Å². The Kier molecular flexibility index (Phi) is 3.83. The molecule has 0 atom stereocenters. The third-order valence-electron chi connectivity index (χ3n) is 2.17. The summed E-state index contributed by atoms with van der Waals surface area (Å²) in [5.41, 5.74) is 5.45. The maximum atomic E-state index is 5.51. The highest BCUT2D eigenvalue weighted by Crippen LogP contribution is 1.99. The molecule has 0 bridgehead atoms. The first-order valence-electron chi connectivity index (χ1n) is 4.21. The molecule has 0 unspecified atom stereocenters. The molecule has 1 rings (SSSR count). The van der Waals surface area contributed by atoms with Crippen molar-refractivity contribution < 1.29 is 0 Å². The summed E-state index contributed by atoms with van der Waals surface area (Å²) in [7, 11) is 0. The second-order valence-electron chi connectivity index (χ2n) is 2.93. The van der Waals surface area contributed by atoms with Crippen LogP contribution in [0.3, 0.4) is 0 Å². The Morgan fingerprint density at radius 1 is 1.09 bits per heavy atom. The maximum absolute atomic E-state index is 5.51. The van der Waals surface area contributed by atoms with Gasteiger partial charge >= 0.3 is 0 Å². The van der Waals surface area contributed by atoms with E-state index in [4.69, 9.17) is 12.7 Å². The monoisotopic (exact) mass is 155 g/mol. The molecule has 64 valence electrons. The SMILES string of the molecule is [CH]CN1CCN(CCN)CC1. The molecular weight excluding hydrogens is 138 g/mol. The van der Waals surface area contributed by atoms with Crippen LogP contribution in [0.1, 0.15) is 0 Å². The minimum absolute atomic E-state index is 0.691. The zero-order valence-corrected chi connectivity index (χ0v) is 7.00. The van der Waals surface area contributed by atoms with Gasteiger partial charge in [0.2, 0.25) is 0 Å². The van der Waals surface area contributed by atoms with Gasteiger partial charge < -0.3 is 10.6 Å². The van der Waals surface area contributed by atoms with Crippen LogP contribution < -0.4 is 5.73 Å². The lowest BCUT2D eigenvalue weighted by Crippen LogP contribution is -2.47. The molecule has 3 nitrogen and oxygen atoms in total. The summed E-state index contributed by atoms with van der Waals surface area (Å²) in [4.78, 5) is 4.64. The van der Waals surface area contributed by atoms with E-state index in [1.807, 2.05) is 0 Å². The lowest BCUT2D eigenvalue weighted by Gasteiger charge is -2.33. The van der Waals surface area contributed by atoms with E-state index in [0.29, 0.717) is 6.54 Å². The summed E-state index contributed by atoms with van der Waals surface area (Å²) in [6.45, 7) is 12.4. The summed E-state index contributed by atoms with van der Waals surface area (Å²) < 4.78 is 0. The molecule has 1 saturated heterocycles. The molecule has 1 fully saturated rings. The van der Waals surface area contributed by atoms with Crippen LogP contribution in [0, 0.1) is 6.92 Å². The number of hydrogen-bond donors (Lipinski definition) is 1. The van der Waals surface area contributed by atoms with E-state index in [-0.39, 0.29) is 0 Å². The fourth-order valence-corrected chi connectivity index (χ4v) is 1.38. The number of rotatable bonds is 3. The summed E-state index contributed by atoms with van der Waals surface area (Å²) in [6, 6.07) is 0. The number of nitrogens with two attached hydrogens (primary N) is 1. The standard InChI is InChI=1S/C8H17N3/c1-2-10-5-7-11(4-3-9)8-6-10/h1H,2-9H2. The Bertz CT molecular complexity index is 97.5. The highest BCUT2D eigenvalue weighted by Gasteiger charge is 2.13. The Balaban J connectivity index is 2.14. The van der Waals surface area contributed by atoms with E-state index >= 15 is 0 Å². The Morgan fingerprint density at radius 3 is 2.09 bits per heavy atom. The molecule has 0 saturated carbocycles. The fourth-order valence-electron chi connectivity index (χ4n) is 1.38. The van der Waals surface area contributed by atoms with Gasteiger partial charge in [-0.15, -0.1) is 0 Å². The van der Waals surface area contributed by atoms with Crippen molar-refractivity contribution in [2.45, 2.75) is 0 Å². The highest BCUT2D eigenvalue weighted by atomic mass is 15.3. The fraction of sp³-hybridized carbons (Fsp3) is 0.875. The van der Waals surface area contributed by atoms with Crippen LogP contribution in [-0.4, -0.2) is 55.6 Å². The van der Waals surface area contributed by atoms with Gasteiger partial charge in [-0.05, 0) is 6.92 Å².